The zero-order chi connectivity index (χ0) is 19.9. The fraction of sp³-hybridized carbons (Fsp3) is 0.263. The zero-order valence-electron chi connectivity index (χ0n) is 15.1. The molecular weight excluding hydrogens is 462 g/mol. The second kappa shape index (κ2) is 7.46. The van der Waals surface area contributed by atoms with Gasteiger partial charge >= 0.3 is 0 Å². The molecule has 0 radical (unpaired) electrons. The van der Waals surface area contributed by atoms with Crippen molar-refractivity contribution in [1.29, 1.82) is 0 Å². The van der Waals surface area contributed by atoms with Gasteiger partial charge in [0.15, 0.2) is 15.5 Å². The lowest BCUT2D eigenvalue weighted by atomic mass is 10.2. The smallest absolute Gasteiger partial charge is 0.276 e. The Hall–Kier alpha value is -1.97. The van der Waals surface area contributed by atoms with Crippen molar-refractivity contribution in [1.82, 2.24) is 9.78 Å². The molecule has 0 bridgehead atoms. The number of hydrogen-bond acceptors (Lipinski definition) is 5. The summed E-state index contributed by atoms with van der Waals surface area (Å²) in [6, 6.07) is 11.0. The summed E-state index contributed by atoms with van der Waals surface area (Å²) in [5, 5.41) is 9.34. The van der Waals surface area contributed by atoms with Gasteiger partial charge in [0, 0.05) is 10.2 Å². The molecule has 1 aliphatic rings. The summed E-state index contributed by atoms with van der Waals surface area (Å²) in [5.41, 5.74) is 2.69. The van der Waals surface area contributed by atoms with E-state index >= 15 is 0 Å². The van der Waals surface area contributed by atoms with Crippen molar-refractivity contribution in [3.8, 4) is 10.6 Å². The molecule has 2 aromatic heterocycles. The van der Waals surface area contributed by atoms with Crippen LogP contribution in [0.3, 0.4) is 0 Å². The first kappa shape index (κ1) is 19.4. The van der Waals surface area contributed by atoms with Crippen LogP contribution in [0.1, 0.15) is 28.5 Å². The van der Waals surface area contributed by atoms with Gasteiger partial charge in [0.25, 0.3) is 5.91 Å². The van der Waals surface area contributed by atoms with Crippen LogP contribution in [0, 0.1) is 6.92 Å². The van der Waals surface area contributed by atoms with Crippen molar-refractivity contribution in [2.75, 3.05) is 16.8 Å². The van der Waals surface area contributed by atoms with Crippen molar-refractivity contribution in [3.05, 3.63) is 57.5 Å². The summed E-state index contributed by atoms with van der Waals surface area (Å²) in [7, 11) is -3.06. The Bertz CT molecular complexity index is 1140. The van der Waals surface area contributed by atoms with Crippen LogP contribution in [0.25, 0.3) is 10.6 Å². The fourth-order valence-corrected chi connectivity index (χ4v) is 6.22. The van der Waals surface area contributed by atoms with Gasteiger partial charge in [0.05, 0.1) is 28.1 Å². The van der Waals surface area contributed by atoms with Gasteiger partial charge < -0.3 is 5.32 Å². The fourth-order valence-electron chi connectivity index (χ4n) is 3.31. The number of halogens is 1. The van der Waals surface area contributed by atoms with Gasteiger partial charge in [0.1, 0.15) is 0 Å². The summed E-state index contributed by atoms with van der Waals surface area (Å²) < 4.78 is 26.5. The maximum absolute atomic E-state index is 12.8. The van der Waals surface area contributed by atoms with E-state index in [0.29, 0.717) is 12.1 Å². The van der Waals surface area contributed by atoms with E-state index in [1.165, 1.54) is 11.3 Å². The Kier molecular flexibility index (Phi) is 5.15. The maximum atomic E-state index is 12.8. The number of rotatable bonds is 4. The number of aryl methyl sites for hydroxylation is 1. The summed E-state index contributed by atoms with van der Waals surface area (Å²) in [4.78, 5) is 13.8. The lowest BCUT2D eigenvalue weighted by Gasteiger charge is -2.12. The molecule has 0 saturated carbocycles. The molecule has 6 nitrogen and oxygen atoms in total. The van der Waals surface area contributed by atoms with Crippen LogP contribution >= 0.6 is 27.3 Å². The van der Waals surface area contributed by atoms with E-state index in [2.05, 4.69) is 26.3 Å². The van der Waals surface area contributed by atoms with Gasteiger partial charge in [0.2, 0.25) is 0 Å². The molecule has 0 spiro atoms. The minimum absolute atomic E-state index is 0.0555. The minimum Gasteiger partial charge on any atom is -0.320 e. The molecule has 1 aliphatic heterocycles. The number of anilines is 1. The van der Waals surface area contributed by atoms with Crippen LogP contribution in [0.15, 0.2) is 46.3 Å². The average Bonchev–Trinajstić information content (AvgIpc) is 3.35. The molecular formula is C19H18BrN3O3S2. The van der Waals surface area contributed by atoms with Gasteiger partial charge in [-0.05, 0) is 54.6 Å². The lowest BCUT2D eigenvalue weighted by Crippen LogP contribution is -2.16. The Morgan fingerprint density at radius 2 is 2.14 bits per heavy atom. The van der Waals surface area contributed by atoms with Crippen LogP contribution in [0.4, 0.5) is 5.69 Å². The highest BCUT2D eigenvalue weighted by atomic mass is 79.9. The number of hydrogen-bond donors (Lipinski definition) is 1. The number of amides is 1. The second-order valence-electron chi connectivity index (χ2n) is 6.81. The summed E-state index contributed by atoms with van der Waals surface area (Å²) in [6.45, 7) is 1.92. The monoisotopic (exact) mass is 479 g/mol. The highest BCUT2D eigenvalue weighted by molar-refractivity contribution is 9.10. The molecule has 1 amide bonds. The third-order valence-corrected chi connectivity index (χ3v) is 7.87. The van der Waals surface area contributed by atoms with Crippen LogP contribution in [-0.2, 0) is 9.84 Å². The summed E-state index contributed by atoms with van der Waals surface area (Å²) >= 11 is 4.95. The van der Waals surface area contributed by atoms with Gasteiger partial charge in [-0.25, -0.2) is 8.42 Å². The highest BCUT2D eigenvalue weighted by Crippen LogP contribution is 2.32. The largest absolute Gasteiger partial charge is 0.320 e. The van der Waals surface area contributed by atoms with E-state index in [-0.39, 0.29) is 29.1 Å². The molecule has 1 unspecified atom stereocenters. The molecule has 9 heteroatoms. The van der Waals surface area contributed by atoms with E-state index in [9.17, 15) is 13.2 Å². The number of carbonyl (C=O) groups excluding carboxylic acids is 1. The first-order valence-corrected chi connectivity index (χ1v) is 12.2. The average molecular weight is 480 g/mol. The van der Waals surface area contributed by atoms with E-state index in [4.69, 9.17) is 0 Å². The molecule has 1 N–H and O–H groups in total. The predicted molar refractivity (Wildman–Crippen MR) is 115 cm³/mol. The Labute approximate surface area is 175 Å². The number of benzene rings is 1. The molecule has 0 aliphatic carbocycles. The summed E-state index contributed by atoms with van der Waals surface area (Å²) in [6.07, 6.45) is 0.509. The van der Waals surface area contributed by atoms with Crippen LogP contribution < -0.4 is 5.32 Å². The molecule has 146 valence electrons. The molecule has 1 saturated heterocycles. The van der Waals surface area contributed by atoms with Crippen molar-refractivity contribution in [3.63, 3.8) is 0 Å². The van der Waals surface area contributed by atoms with Gasteiger partial charge in [-0.1, -0.05) is 22.0 Å². The van der Waals surface area contributed by atoms with Crippen LogP contribution in [0.5, 0.6) is 0 Å². The number of nitrogens with zero attached hydrogens (tertiary/aromatic N) is 2. The Morgan fingerprint density at radius 3 is 2.79 bits per heavy atom. The first-order chi connectivity index (χ1) is 13.3. The van der Waals surface area contributed by atoms with Crippen molar-refractivity contribution in [2.24, 2.45) is 0 Å². The normalized spacial score (nSPS) is 18.3. The molecule has 4 rings (SSSR count). The number of thiophene rings is 1. The van der Waals surface area contributed by atoms with Gasteiger partial charge in [-0.2, -0.15) is 5.10 Å². The third kappa shape index (κ3) is 3.92. The minimum atomic E-state index is -3.06. The molecule has 1 aromatic carbocycles. The maximum Gasteiger partial charge on any atom is 0.276 e. The van der Waals surface area contributed by atoms with Crippen molar-refractivity contribution in [2.45, 2.75) is 19.4 Å². The first-order valence-electron chi connectivity index (χ1n) is 8.74. The highest BCUT2D eigenvalue weighted by Gasteiger charge is 2.32. The van der Waals surface area contributed by atoms with E-state index < -0.39 is 9.84 Å². The van der Waals surface area contributed by atoms with Gasteiger partial charge in [-0.3, -0.25) is 9.48 Å². The molecule has 28 heavy (non-hydrogen) atoms. The predicted octanol–water partition coefficient (Wildman–Crippen LogP) is 4.29. The number of carbonyl (C=O) groups is 1. The quantitative estimate of drug-likeness (QED) is 0.604. The summed E-state index contributed by atoms with van der Waals surface area (Å²) in [5.74, 6) is -0.108. The zero-order valence-corrected chi connectivity index (χ0v) is 18.3. The second-order valence-corrected chi connectivity index (χ2v) is 10.9. The lowest BCUT2D eigenvalue weighted by molar-refractivity contribution is 0.102. The number of aromatic nitrogens is 2. The van der Waals surface area contributed by atoms with E-state index in [0.717, 1.165) is 20.6 Å². The molecule has 3 aromatic rings. The van der Waals surface area contributed by atoms with Crippen LogP contribution in [-0.4, -0.2) is 35.6 Å². The SMILES string of the molecule is Cc1cc(Br)ccc1NC(=O)c1cc(-c2cccs2)n(C2CCS(=O)(=O)C2)n1. The van der Waals surface area contributed by atoms with Crippen LogP contribution in [0.2, 0.25) is 0 Å². The third-order valence-electron chi connectivity index (χ3n) is 4.73. The Balaban J connectivity index is 1.68. The molecule has 1 atom stereocenters. The molecule has 1 fully saturated rings. The van der Waals surface area contributed by atoms with Crippen molar-refractivity contribution < 1.29 is 13.2 Å². The van der Waals surface area contributed by atoms with E-state index in [1.807, 2.05) is 42.6 Å². The van der Waals surface area contributed by atoms with E-state index in [1.54, 1.807) is 10.7 Å². The van der Waals surface area contributed by atoms with Gasteiger partial charge in [-0.15, -0.1) is 11.3 Å². The Morgan fingerprint density at radius 1 is 1.32 bits per heavy atom. The van der Waals surface area contributed by atoms with Crippen molar-refractivity contribution >= 4 is 48.7 Å². The topological polar surface area (TPSA) is 81.1 Å². The number of nitrogens with one attached hydrogen (secondary N) is 1. The molecule has 3 heterocycles. The standard InChI is InChI=1S/C19H18BrN3O3S2/c1-12-9-13(20)4-5-15(12)21-19(24)16-10-17(18-3-2-7-27-18)23(22-16)14-6-8-28(25,26)11-14/h2-5,7,9-10,14H,6,8,11H2,1H3,(H,21,24). The number of sulfone groups is 1.